The summed E-state index contributed by atoms with van der Waals surface area (Å²) in [6, 6.07) is 4.83. The summed E-state index contributed by atoms with van der Waals surface area (Å²) in [7, 11) is -4.00. The molecule has 3 heterocycles. The molecule has 27 heavy (non-hydrogen) atoms. The van der Waals surface area contributed by atoms with Gasteiger partial charge in [0.2, 0.25) is 6.20 Å². The first-order chi connectivity index (χ1) is 12.2. The Balaban J connectivity index is 0.00000261. The SMILES string of the molecule is O=C([O-])C1=C(/C=C/[N+](=O)[O-])CS(=O)(=O)C2/C(=C\c3ccccn3)C(=O)N12.[Na+]. The summed E-state index contributed by atoms with van der Waals surface area (Å²) in [6.07, 6.45) is 3.87. The van der Waals surface area contributed by atoms with Crippen molar-refractivity contribution >= 4 is 27.8 Å². The molecule has 0 aromatic carbocycles. The molecule has 1 fully saturated rings. The number of nitro groups is 1. The van der Waals surface area contributed by atoms with Gasteiger partial charge in [0.15, 0.2) is 15.2 Å². The van der Waals surface area contributed by atoms with Crippen LogP contribution in [0.25, 0.3) is 6.08 Å². The number of fused-ring (bicyclic) bond motifs is 1. The topological polar surface area (TPSA) is 151 Å². The zero-order chi connectivity index (χ0) is 19.1. The van der Waals surface area contributed by atoms with Crippen molar-refractivity contribution in [2.75, 3.05) is 5.75 Å². The minimum Gasteiger partial charge on any atom is -0.543 e. The molecule has 1 aromatic heterocycles. The van der Waals surface area contributed by atoms with Crippen molar-refractivity contribution in [3.8, 4) is 0 Å². The Morgan fingerprint density at radius 2 is 2.07 bits per heavy atom. The number of carbonyl (C=O) groups is 2. The van der Waals surface area contributed by atoms with Crippen LogP contribution in [0.5, 0.6) is 0 Å². The summed E-state index contributed by atoms with van der Waals surface area (Å²) in [5.74, 6) is -3.40. The Morgan fingerprint density at radius 3 is 2.63 bits per heavy atom. The van der Waals surface area contributed by atoms with Gasteiger partial charge in [-0.15, -0.1) is 0 Å². The molecule has 1 amide bonds. The van der Waals surface area contributed by atoms with Crippen molar-refractivity contribution in [3.05, 3.63) is 69.3 Å². The van der Waals surface area contributed by atoms with Gasteiger partial charge in [0.25, 0.3) is 5.91 Å². The number of nitrogens with zero attached hydrogens (tertiary/aromatic N) is 3. The molecule has 1 aromatic rings. The molecule has 3 rings (SSSR count). The second-order valence-corrected chi connectivity index (χ2v) is 7.51. The zero-order valence-corrected chi connectivity index (χ0v) is 16.8. The molecule has 1 saturated heterocycles. The fraction of sp³-hybridized carbons (Fsp3) is 0.133. The van der Waals surface area contributed by atoms with Gasteiger partial charge in [0, 0.05) is 12.3 Å². The van der Waals surface area contributed by atoms with E-state index in [0.29, 0.717) is 16.8 Å². The number of β-lactam (4-membered cyclic amide) rings is 1. The summed E-state index contributed by atoms with van der Waals surface area (Å²) >= 11 is 0. The molecule has 0 aliphatic carbocycles. The van der Waals surface area contributed by atoms with Crippen LogP contribution in [-0.4, -0.2) is 46.2 Å². The molecule has 12 heteroatoms. The van der Waals surface area contributed by atoms with E-state index in [1.165, 1.54) is 12.3 Å². The summed E-state index contributed by atoms with van der Waals surface area (Å²) in [4.78, 5) is 37.9. The molecule has 0 spiro atoms. The molecular weight excluding hydrogens is 389 g/mol. The van der Waals surface area contributed by atoms with E-state index in [2.05, 4.69) is 4.98 Å². The van der Waals surface area contributed by atoms with E-state index in [0.717, 1.165) is 6.08 Å². The number of hydrogen-bond donors (Lipinski definition) is 0. The molecule has 1 unspecified atom stereocenters. The molecule has 1 atom stereocenters. The molecular formula is C15H10N3NaO7S. The Morgan fingerprint density at radius 1 is 1.37 bits per heavy atom. The number of hydrogen-bond acceptors (Lipinski definition) is 8. The number of aromatic nitrogens is 1. The predicted molar refractivity (Wildman–Crippen MR) is 84.8 cm³/mol. The molecule has 0 radical (unpaired) electrons. The van der Waals surface area contributed by atoms with Gasteiger partial charge < -0.3 is 9.90 Å². The largest absolute Gasteiger partial charge is 1.00 e. The Kier molecular flexibility index (Phi) is 6.00. The van der Waals surface area contributed by atoms with Crippen LogP contribution in [0.4, 0.5) is 0 Å². The Bertz CT molecular complexity index is 1020. The maximum Gasteiger partial charge on any atom is 1.00 e. The first-order valence-corrected chi connectivity index (χ1v) is 8.88. The van der Waals surface area contributed by atoms with Crippen LogP contribution < -0.4 is 34.7 Å². The predicted octanol–water partition coefficient (Wildman–Crippen LogP) is -4.14. The Hall–Kier alpha value is -2.34. The summed E-state index contributed by atoms with van der Waals surface area (Å²) in [6.45, 7) is 0. The van der Waals surface area contributed by atoms with E-state index in [4.69, 9.17) is 0 Å². The number of allylic oxidation sites excluding steroid dienone is 1. The number of amides is 1. The second-order valence-electron chi connectivity index (χ2n) is 5.45. The maximum absolute atomic E-state index is 12.5. The van der Waals surface area contributed by atoms with E-state index in [9.17, 15) is 33.2 Å². The number of sulfone groups is 1. The van der Waals surface area contributed by atoms with Crippen LogP contribution in [0.3, 0.4) is 0 Å². The second kappa shape index (κ2) is 7.72. The fourth-order valence-electron chi connectivity index (χ4n) is 2.78. The van der Waals surface area contributed by atoms with Gasteiger partial charge >= 0.3 is 29.6 Å². The third-order valence-corrected chi connectivity index (χ3v) is 5.65. The quantitative estimate of drug-likeness (QED) is 0.163. The summed E-state index contributed by atoms with van der Waals surface area (Å²) in [5.41, 5.74) is -0.863. The van der Waals surface area contributed by atoms with Crippen LogP contribution in [0.2, 0.25) is 0 Å². The van der Waals surface area contributed by atoms with Gasteiger partial charge in [-0.2, -0.15) is 0 Å². The van der Waals surface area contributed by atoms with Crippen molar-refractivity contribution in [1.29, 1.82) is 0 Å². The van der Waals surface area contributed by atoms with Gasteiger partial charge in [-0.05, 0) is 23.8 Å². The standard InChI is InChI=1S/C15H11N3O7S.Na/c19-13-11(7-10-3-1-2-5-16-10)14-18(13)12(15(20)21)9(4-6-17(22)23)8-26(14,24)25;/h1-7,14H,8H2,(H,20,21);/q;+1/p-1/b6-4+,11-7-;. The normalized spacial score (nSPS) is 22.2. The monoisotopic (exact) mass is 399 g/mol. The number of rotatable bonds is 4. The molecule has 2 aliphatic rings. The van der Waals surface area contributed by atoms with Crippen molar-refractivity contribution in [3.63, 3.8) is 0 Å². The van der Waals surface area contributed by atoms with Crippen LogP contribution in [0.1, 0.15) is 5.69 Å². The van der Waals surface area contributed by atoms with Gasteiger partial charge in [-0.25, -0.2) is 8.42 Å². The fourth-order valence-corrected chi connectivity index (χ4v) is 4.68. The number of aliphatic carboxylic acids is 1. The molecule has 10 nitrogen and oxygen atoms in total. The first-order valence-electron chi connectivity index (χ1n) is 7.16. The van der Waals surface area contributed by atoms with Crippen LogP contribution >= 0.6 is 0 Å². The molecule has 0 bridgehead atoms. The minimum absolute atomic E-state index is 0. The van der Waals surface area contributed by atoms with E-state index in [-0.39, 0.29) is 40.7 Å². The number of pyridine rings is 1. The van der Waals surface area contributed by atoms with Crippen LogP contribution in [0.15, 0.2) is 53.5 Å². The zero-order valence-electron chi connectivity index (χ0n) is 13.9. The average molecular weight is 399 g/mol. The van der Waals surface area contributed by atoms with Crippen molar-refractivity contribution in [2.45, 2.75) is 5.37 Å². The van der Waals surface area contributed by atoms with Gasteiger partial charge in [0.05, 0.1) is 33.6 Å². The van der Waals surface area contributed by atoms with E-state index in [1.54, 1.807) is 18.2 Å². The van der Waals surface area contributed by atoms with Crippen molar-refractivity contribution in [1.82, 2.24) is 9.88 Å². The number of carboxylic acids is 1. The van der Waals surface area contributed by atoms with E-state index < -0.39 is 43.5 Å². The molecule has 2 aliphatic heterocycles. The van der Waals surface area contributed by atoms with Gasteiger partial charge in [-0.1, -0.05) is 6.07 Å². The van der Waals surface area contributed by atoms with E-state index in [1.807, 2.05) is 0 Å². The third kappa shape index (κ3) is 3.86. The number of carbonyl (C=O) groups excluding carboxylic acids is 2. The molecule has 0 N–H and O–H groups in total. The van der Waals surface area contributed by atoms with Crippen LogP contribution in [0, 0.1) is 10.1 Å². The smallest absolute Gasteiger partial charge is 0.543 e. The average Bonchev–Trinajstić information content (AvgIpc) is 2.57. The van der Waals surface area contributed by atoms with Crippen molar-refractivity contribution in [2.24, 2.45) is 0 Å². The first kappa shape index (κ1) is 21.0. The van der Waals surface area contributed by atoms with Crippen LogP contribution in [-0.2, 0) is 19.4 Å². The Labute approximate surface area is 175 Å². The molecule has 0 saturated carbocycles. The van der Waals surface area contributed by atoms with Crippen molar-refractivity contribution < 1.29 is 57.6 Å². The molecule has 134 valence electrons. The maximum atomic E-state index is 12.5. The van der Waals surface area contributed by atoms with Gasteiger partial charge in [0.1, 0.15) is 0 Å². The summed E-state index contributed by atoms with van der Waals surface area (Å²) < 4.78 is 25.0. The summed E-state index contributed by atoms with van der Waals surface area (Å²) in [5, 5.41) is 20.4. The minimum atomic E-state index is -4.00. The number of carboxylic acid groups (broad SMARTS) is 1. The van der Waals surface area contributed by atoms with E-state index >= 15 is 0 Å². The van der Waals surface area contributed by atoms with Gasteiger partial charge in [-0.3, -0.25) is 24.8 Å². The third-order valence-electron chi connectivity index (χ3n) is 3.79.